The van der Waals surface area contributed by atoms with Crippen LogP contribution in [-0.2, 0) is 32.1 Å². The molecular weight excluding hydrogens is 1300 g/mol. The first-order chi connectivity index (χ1) is 42.3. The first-order valence-corrected chi connectivity index (χ1v) is 73.1. The number of aryl methyl sites for hydroxylation is 4. The summed E-state index contributed by atoms with van der Waals surface area (Å²) < 4.78 is 0. The van der Waals surface area contributed by atoms with Gasteiger partial charge in [0.05, 0.1) is 24.2 Å². The van der Waals surface area contributed by atoms with Gasteiger partial charge in [-0.1, -0.05) is 399 Å². The maximum atomic E-state index is 2.53. The standard InChI is InChI=1S/C13H18Si.2C11H16Si.C9H20Si.C7H16Si.C6H18Si2.C5H16Si2.C5H14Si.C4H10Si.C4H12Si.C3H8Si/c1-14(2,3)9-8-11-4-5-12-6-7-13(12)10-11;1-12(2,3)11-7-6-9-4-5-10(9)8-11;1-12(2,3)11-8-9-6-4-5-7-10(9)11;1-9(2)5-7-10(3,4)8-6-9;1-7(2)3-5-8-6-4-7;1-4-7-6(3)8-5-2;1-3-6-5-7-4-2;1-4-6-5(2)3;1-5(2)3-4-5;1-3-5-4-2;1-4-2-3-4/h4-5,8-10H,6-7H2,1-3H3;6-8H,4-5H2,1-3H3;4-7,11H,8H2,1-3H3;5-8H2,1-4H3;3-6,8H2,1-2H3;6H,4-5,7-8H2,1-3H3;3-7H2,1-2H3;5H,4,6H2,1-3H3;3-4H2,1-2H3;3-5H2,1-2H3;4H,2-3H2,1H3/b9-8+;;;;;;;;;;. The van der Waals surface area contributed by atoms with Crippen LogP contribution in [-0.4, -0.2) is 116 Å². The van der Waals surface area contributed by atoms with E-state index in [2.05, 4.69) is 261 Å². The number of fused-ring (bicyclic) bond motifs is 3. The molecule has 4 fully saturated rings. The molecule has 3 aliphatic carbocycles. The van der Waals surface area contributed by atoms with Crippen LogP contribution < -0.4 is 5.19 Å². The van der Waals surface area contributed by atoms with E-state index >= 15 is 0 Å². The van der Waals surface area contributed by atoms with Crippen molar-refractivity contribution < 1.29 is 0 Å². The Morgan fingerprint density at radius 2 is 0.967 bits per heavy atom. The van der Waals surface area contributed by atoms with Crippen molar-refractivity contribution in [1.82, 2.24) is 0 Å². The summed E-state index contributed by atoms with van der Waals surface area (Å²) in [6.07, 6.45) is 14.8. The monoisotopic (exact) mass is 1460 g/mol. The highest BCUT2D eigenvalue weighted by Crippen LogP contribution is 2.42. The van der Waals surface area contributed by atoms with Crippen molar-refractivity contribution in [1.29, 1.82) is 0 Å². The van der Waals surface area contributed by atoms with Crippen LogP contribution in [0.5, 0.6) is 0 Å². The van der Waals surface area contributed by atoms with Gasteiger partial charge in [-0.3, -0.25) is 0 Å². The van der Waals surface area contributed by atoms with Crippen LogP contribution in [0.4, 0.5) is 0 Å². The molecular formula is C78H164Si13. The Kier molecular flexibility index (Phi) is 48.2. The van der Waals surface area contributed by atoms with Crippen LogP contribution >= 0.6 is 0 Å². The SMILES string of the molecule is CC1(C)CC[SiH2]CC1.CC1(C)CC[Si](C)(C)CC1.CC[SiH2]C(C)C.CC[SiH2]C(C)[SiH2]CC.CC[SiH2]CC.CC[SiH2]C[SiH2]CC.C[SiH]1CC1.C[Si](C)(C)/C=C/c1ccc2c(c1)CC2.C[Si](C)(C)C1Cc2ccccc21.C[Si](C)(C)c1ccc2c(c1)CC2.C[Si]1(C)CC1. The van der Waals surface area contributed by atoms with Crippen LogP contribution in [0.15, 0.2) is 66.4 Å². The molecule has 4 saturated heterocycles. The summed E-state index contributed by atoms with van der Waals surface area (Å²) >= 11 is 0. The molecule has 0 aromatic heterocycles. The number of hydrogen-bond donors (Lipinski definition) is 0. The smallest absolute Gasteiger partial charge is 0.0776 e. The molecule has 3 aromatic rings. The third-order valence-electron chi connectivity index (χ3n) is 19.9. The Labute approximate surface area is 597 Å². The van der Waals surface area contributed by atoms with Crippen molar-refractivity contribution in [2.45, 2.75) is 359 Å². The molecule has 1 unspecified atom stereocenters. The molecule has 91 heavy (non-hydrogen) atoms. The molecule has 0 bridgehead atoms. The van der Waals surface area contributed by atoms with Crippen molar-refractivity contribution in [3.05, 3.63) is 105 Å². The fraction of sp³-hybridized carbons (Fsp3) is 0.744. The van der Waals surface area contributed by atoms with Crippen LogP contribution in [0.2, 0.25) is 199 Å². The van der Waals surface area contributed by atoms with E-state index in [1.807, 2.05) is 0 Å². The lowest BCUT2D eigenvalue weighted by Crippen LogP contribution is -2.38. The maximum absolute atomic E-state index is 2.53. The van der Waals surface area contributed by atoms with Gasteiger partial charge in [-0.2, -0.15) is 0 Å². The highest BCUT2D eigenvalue weighted by atomic mass is 28.3. The van der Waals surface area contributed by atoms with Crippen molar-refractivity contribution in [3.63, 3.8) is 0 Å². The van der Waals surface area contributed by atoms with E-state index in [9.17, 15) is 0 Å². The van der Waals surface area contributed by atoms with Crippen LogP contribution in [0.3, 0.4) is 0 Å². The van der Waals surface area contributed by atoms with Gasteiger partial charge >= 0.3 is 0 Å². The van der Waals surface area contributed by atoms with E-state index in [1.165, 1.54) is 111 Å². The quantitative estimate of drug-likeness (QED) is 0.0990. The lowest BCUT2D eigenvalue weighted by molar-refractivity contribution is 0.320. The van der Waals surface area contributed by atoms with E-state index in [-0.39, 0.29) is 16.9 Å². The Hall–Kier alpha value is 0.219. The largest absolute Gasteiger partial charge is 0.0944 e. The van der Waals surface area contributed by atoms with Gasteiger partial charge in [-0.25, -0.2) is 0 Å². The summed E-state index contributed by atoms with van der Waals surface area (Å²) in [6, 6.07) is 46.2. The minimum absolute atomic E-state index is 0.111. The average Bonchev–Trinajstić information content (AvgIpc) is 1.91. The average molecular weight is 1470 g/mol. The minimum atomic E-state index is -1.05. The van der Waals surface area contributed by atoms with E-state index in [0.29, 0.717) is 77.5 Å². The molecule has 0 nitrogen and oxygen atoms in total. The second kappa shape index (κ2) is 48.1. The van der Waals surface area contributed by atoms with Crippen LogP contribution in [0, 0.1) is 10.8 Å². The van der Waals surface area contributed by atoms with Gasteiger partial charge < -0.3 is 0 Å². The second-order valence-electron chi connectivity index (χ2n) is 36.5. The molecule has 0 N–H and O–H groups in total. The molecule has 4 heterocycles. The summed E-state index contributed by atoms with van der Waals surface area (Å²) in [7, 11) is -0.975. The summed E-state index contributed by atoms with van der Waals surface area (Å²) in [4.78, 5) is 0. The maximum Gasteiger partial charge on any atom is 0.0776 e. The lowest BCUT2D eigenvalue weighted by atomic mass is 9.87. The van der Waals surface area contributed by atoms with Gasteiger partial charge in [0.1, 0.15) is 0 Å². The van der Waals surface area contributed by atoms with Gasteiger partial charge in [-0.05, 0) is 87.4 Å². The van der Waals surface area contributed by atoms with E-state index < -0.39 is 32.3 Å². The number of hydrogen-bond acceptors (Lipinski definition) is 0. The normalized spacial score (nSPS) is 19.5. The first kappa shape index (κ1) is 91.2. The van der Waals surface area contributed by atoms with Gasteiger partial charge in [-0.15, -0.1) is 0 Å². The molecule has 0 saturated carbocycles. The van der Waals surface area contributed by atoms with Crippen molar-refractivity contribution >= 4 is 127 Å². The Bertz CT molecular complexity index is 2280. The molecule has 10 rings (SSSR count). The fourth-order valence-electron chi connectivity index (χ4n) is 11.6. The Morgan fingerprint density at radius 3 is 1.26 bits per heavy atom. The molecule has 528 valence electrons. The summed E-state index contributed by atoms with van der Waals surface area (Å²) in [6.45, 7) is 67.0. The molecule has 4 aliphatic heterocycles. The van der Waals surface area contributed by atoms with Crippen molar-refractivity contribution in [2.24, 2.45) is 10.8 Å². The summed E-state index contributed by atoms with van der Waals surface area (Å²) in [5.74, 6) is 0. The number of benzene rings is 3. The van der Waals surface area contributed by atoms with E-state index in [0.717, 1.165) is 11.1 Å². The van der Waals surface area contributed by atoms with Gasteiger partial charge in [0.2, 0.25) is 0 Å². The molecule has 0 amide bonds. The first-order valence-electron chi connectivity index (χ1n) is 39.3. The summed E-state index contributed by atoms with van der Waals surface area (Å²) in [5, 5.41) is 2.85. The Morgan fingerprint density at radius 1 is 0.538 bits per heavy atom. The van der Waals surface area contributed by atoms with E-state index in [4.69, 9.17) is 0 Å². The molecule has 7 aliphatic rings. The minimum Gasteiger partial charge on any atom is -0.0944 e. The Balaban J connectivity index is 0.000000998. The third-order valence-corrected chi connectivity index (χ3v) is 49.0. The van der Waals surface area contributed by atoms with Gasteiger partial charge in [0.15, 0.2) is 0 Å². The fourth-order valence-corrected chi connectivity index (χ4v) is 37.5. The highest BCUT2D eigenvalue weighted by Gasteiger charge is 2.36. The zero-order chi connectivity index (χ0) is 69.5. The summed E-state index contributed by atoms with van der Waals surface area (Å²) in [5.41, 5.74) is 18.4. The van der Waals surface area contributed by atoms with Gasteiger partial charge in [0, 0.05) is 91.6 Å². The van der Waals surface area contributed by atoms with Crippen LogP contribution in [0.1, 0.15) is 167 Å². The molecule has 3 aromatic carbocycles. The predicted molar refractivity (Wildman–Crippen MR) is 474 cm³/mol. The predicted octanol–water partition coefficient (Wildman–Crippen LogP) is 21.1. The zero-order valence-electron chi connectivity index (χ0n) is 67.4. The van der Waals surface area contributed by atoms with Crippen molar-refractivity contribution in [3.8, 4) is 0 Å². The molecule has 0 radical (unpaired) electrons. The molecule has 1 atom stereocenters. The molecule has 13 heteroatoms. The topological polar surface area (TPSA) is 0 Å². The highest BCUT2D eigenvalue weighted by molar-refractivity contribution is 6.88. The van der Waals surface area contributed by atoms with Gasteiger partial charge in [0.25, 0.3) is 0 Å². The zero-order valence-corrected chi connectivity index (χ0v) is 83.4. The second-order valence-corrected chi connectivity index (χ2v) is 87.4. The van der Waals surface area contributed by atoms with Crippen LogP contribution in [0.25, 0.3) is 6.08 Å². The van der Waals surface area contributed by atoms with E-state index in [1.54, 1.807) is 92.6 Å². The van der Waals surface area contributed by atoms with Crippen molar-refractivity contribution in [2.75, 3.05) is 0 Å². The number of rotatable bonds is 16. The molecule has 0 spiro atoms. The third kappa shape index (κ3) is 48.6. The lowest BCUT2D eigenvalue weighted by Gasteiger charge is -2.38.